The summed E-state index contributed by atoms with van der Waals surface area (Å²) in [5.41, 5.74) is -0.469. The van der Waals surface area contributed by atoms with E-state index in [4.69, 9.17) is 10.00 Å². The number of benzene rings is 1. The van der Waals surface area contributed by atoms with E-state index < -0.39 is 0 Å². The van der Waals surface area contributed by atoms with Crippen molar-refractivity contribution in [1.29, 1.82) is 5.26 Å². The Morgan fingerprint density at radius 2 is 1.72 bits per heavy atom. The van der Waals surface area contributed by atoms with Crippen molar-refractivity contribution in [3.05, 3.63) is 30.1 Å². The summed E-state index contributed by atoms with van der Waals surface area (Å²) in [6.07, 6.45) is 0.748. The highest BCUT2D eigenvalue weighted by molar-refractivity contribution is 5.22. The lowest BCUT2D eigenvalue weighted by Crippen LogP contribution is -2.28. The summed E-state index contributed by atoms with van der Waals surface area (Å²) in [4.78, 5) is 0. The first-order valence-electron chi connectivity index (χ1n) is 6.04. The minimum absolute atomic E-state index is 0.104. The zero-order valence-corrected chi connectivity index (χ0v) is 11.5. The van der Waals surface area contributed by atoms with E-state index in [1.807, 2.05) is 13.8 Å². The molecule has 0 saturated carbocycles. The summed E-state index contributed by atoms with van der Waals surface area (Å²) in [5.74, 6) is 0.381. The topological polar surface area (TPSA) is 33.0 Å². The second-order valence-electron chi connectivity index (χ2n) is 6.08. The summed E-state index contributed by atoms with van der Waals surface area (Å²) in [5, 5.41) is 9.04. The Hall–Kier alpha value is -1.56. The summed E-state index contributed by atoms with van der Waals surface area (Å²) in [7, 11) is 0. The number of nitriles is 1. The van der Waals surface area contributed by atoms with Crippen LogP contribution in [0, 0.1) is 28.0 Å². The first-order valence-corrected chi connectivity index (χ1v) is 6.04. The van der Waals surface area contributed by atoms with Gasteiger partial charge in [-0.2, -0.15) is 5.26 Å². The predicted octanol–water partition coefficient (Wildman–Crippen LogP) is 4.17. The highest BCUT2D eigenvalue weighted by Gasteiger charge is 2.29. The van der Waals surface area contributed by atoms with Crippen LogP contribution in [0.3, 0.4) is 0 Å². The molecule has 0 N–H and O–H groups in total. The van der Waals surface area contributed by atoms with Gasteiger partial charge in [-0.3, -0.25) is 0 Å². The maximum atomic E-state index is 12.7. The van der Waals surface area contributed by atoms with Gasteiger partial charge in [0.2, 0.25) is 0 Å². The van der Waals surface area contributed by atoms with E-state index >= 15 is 0 Å². The van der Waals surface area contributed by atoms with E-state index in [2.05, 4.69) is 19.9 Å². The average Bonchev–Trinajstić information content (AvgIpc) is 2.27. The van der Waals surface area contributed by atoms with Crippen LogP contribution >= 0.6 is 0 Å². The van der Waals surface area contributed by atoms with Crippen LogP contribution < -0.4 is 4.74 Å². The summed E-state index contributed by atoms with van der Waals surface area (Å²) >= 11 is 0. The molecule has 0 unspecified atom stereocenters. The number of nitrogens with zero attached hydrogens (tertiary/aromatic N) is 1. The van der Waals surface area contributed by atoms with Gasteiger partial charge in [0, 0.05) is 5.41 Å². The third-order valence-electron chi connectivity index (χ3n) is 2.67. The summed E-state index contributed by atoms with van der Waals surface area (Å²) in [6, 6.07) is 8.27. The van der Waals surface area contributed by atoms with Gasteiger partial charge in [0.25, 0.3) is 0 Å². The molecule has 0 bridgehead atoms. The van der Waals surface area contributed by atoms with Gasteiger partial charge >= 0.3 is 0 Å². The van der Waals surface area contributed by atoms with Crippen molar-refractivity contribution in [1.82, 2.24) is 0 Å². The molecule has 3 heteroatoms. The van der Waals surface area contributed by atoms with Crippen LogP contribution in [0.15, 0.2) is 24.3 Å². The molecule has 0 saturated heterocycles. The zero-order valence-electron chi connectivity index (χ0n) is 11.5. The predicted molar refractivity (Wildman–Crippen MR) is 69.7 cm³/mol. The normalized spacial score (nSPS) is 12.0. The molecule has 2 nitrogen and oxygen atoms in total. The number of hydrogen-bond donors (Lipinski definition) is 0. The molecular formula is C15H20FNO. The third-order valence-corrected chi connectivity index (χ3v) is 2.67. The van der Waals surface area contributed by atoms with Gasteiger partial charge in [0.15, 0.2) is 0 Å². The van der Waals surface area contributed by atoms with E-state index in [1.54, 1.807) is 12.1 Å². The van der Waals surface area contributed by atoms with Gasteiger partial charge < -0.3 is 4.74 Å². The van der Waals surface area contributed by atoms with Gasteiger partial charge in [0.1, 0.15) is 11.6 Å². The number of ether oxygens (including phenoxy) is 1. The van der Waals surface area contributed by atoms with Gasteiger partial charge in [-0.1, -0.05) is 13.8 Å². The standard InChI is InChI=1S/C15H20FNO/c1-14(2,10-17)9-15(3,4)11-18-13-7-5-12(16)6-8-13/h5-8H,9,11H2,1-4H3. The molecule has 0 amide bonds. The highest BCUT2D eigenvalue weighted by Crippen LogP contribution is 2.33. The van der Waals surface area contributed by atoms with Crippen LogP contribution in [0.2, 0.25) is 0 Å². The lowest BCUT2D eigenvalue weighted by Gasteiger charge is -2.30. The Bertz CT molecular complexity index is 429. The summed E-state index contributed by atoms with van der Waals surface area (Å²) in [6.45, 7) is 8.48. The van der Waals surface area contributed by atoms with E-state index in [0.29, 0.717) is 12.4 Å². The van der Waals surface area contributed by atoms with Crippen molar-refractivity contribution in [2.45, 2.75) is 34.1 Å². The minimum atomic E-state index is -0.365. The first kappa shape index (κ1) is 14.5. The molecule has 1 rings (SSSR count). The zero-order chi connectivity index (χ0) is 13.8. The monoisotopic (exact) mass is 249 g/mol. The molecule has 0 aliphatic rings. The Balaban J connectivity index is 2.57. The van der Waals surface area contributed by atoms with Gasteiger partial charge in [-0.05, 0) is 44.5 Å². The Morgan fingerprint density at radius 1 is 1.17 bits per heavy atom. The minimum Gasteiger partial charge on any atom is -0.493 e. The molecule has 0 radical (unpaired) electrons. The Morgan fingerprint density at radius 3 is 2.22 bits per heavy atom. The fourth-order valence-electron chi connectivity index (χ4n) is 2.10. The van der Waals surface area contributed by atoms with Gasteiger partial charge in [0.05, 0.1) is 18.1 Å². The third kappa shape index (κ3) is 4.75. The molecule has 0 atom stereocenters. The van der Waals surface area contributed by atoms with E-state index in [9.17, 15) is 4.39 Å². The maximum absolute atomic E-state index is 12.7. The fourth-order valence-corrected chi connectivity index (χ4v) is 2.10. The quantitative estimate of drug-likeness (QED) is 0.784. The van der Waals surface area contributed by atoms with Crippen LogP contribution in [0.25, 0.3) is 0 Å². The molecule has 0 aromatic heterocycles. The smallest absolute Gasteiger partial charge is 0.123 e. The molecular weight excluding hydrogens is 229 g/mol. The second-order valence-corrected chi connectivity index (χ2v) is 6.08. The molecule has 98 valence electrons. The highest BCUT2D eigenvalue weighted by atomic mass is 19.1. The molecule has 18 heavy (non-hydrogen) atoms. The molecule has 0 spiro atoms. The molecule has 0 fully saturated rings. The first-order chi connectivity index (χ1) is 8.24. The maximum Gasteiger partial charge on any atom is 0.123 e. The number of rotatable bonds is 5. The Kier molecular flexibility index (Phi) is 4.34. The van der Waals surface area contributed by atoms with Crippen LogP contribution in [-0.2, 0) is 0 Å². The number of halogens is 1. The largest absolute Gasteiger partial charge is 0.493 e. The average molecular weight is 249 g/mol. The SMILES string of the molecule is CC(C)(C#N)CC(C)(C)COc1ccc(F)cc1. The number of hydrogen-bond acceptors (Lipinski definition) is 2. The van der Waals surface area contributed by atoms with Crippen molar-refractivity contribution in [3.63, 3.8) is 0 Å². The van der Waals surface area contributed by atoms with Crippen LogP contribution in [0.5, 0.6) is 5.75 Å². The van der Waals surface area contributed by atoms with Crippen molar-refractivity contribution >= 4 is 0 Å². The molecule has 1 aromatic carbocycles. The van der Waals surface area contributed by atoms with Crippen molar-refractivity contribution in [3.8, 4) is 11.8 Å². The van der Waals surface area contributed by atoms with Crippen molar-refractivity contribution in [2.24, 2.45) is 10.8 Å². The molecule has 0 aliphatic heterocycles. The van der Waals surface area contributed by atoms with Crippen molar-refractivity contribution in [2.75, 3.05) is 6.61 Å². The van der Waals surface area contributed by atoms with E-state index in [1.165, 1.54) is 12.1 Å². The second kappa shape index (κ2) is 5.39. The van der Waals surface area contributed by atoms with Gasteiger partial charge in [-0.25, -0.2) is 4.39 Å². The van der Waals surface area contributed by atoms with Crippen LogP contribution in [-0.4, -0.2) is 6.61 Å². The molecule has 0 aliphatic carbocycles. The van der Waals surface area contributed by atoms with Crippen LogP contribution in [0.1, 0.15) is 34.1 Å². The summed E-state index contributed by atoms with van der Waals surface area (Å²) < 4.78 is 18.4. The lowest BCUT2D eigenvalue weighted by atomic mass is 9.76. The molecule has 1 aromatic rings. The van der Waals surface area contributed by atoms with Crippen molar-refractivity contribution < 1.29 is 9.13 Å². The fraction of sp³-hybridized carbons (Fsp3) is 0.533. The van der Waals surface area contributed by atoms with E-state index in [-0.39, 0.29) is 16.6 Å². The molecule has 0 heterocycles. The Labute approximate surface area is 108 Å². The van der Waals surface area contributed by atoms with E-state index in [0.717, 1.165) is 6.42 Å². The van der Waals surface area contributed by atoms with Crippen LogP contribution in [0.4, 0.5) is 4.39 Å². The van der Waals surface area contributed by atoms with Gasteiger partial charge in [-0.15, -0.1) is 0 Å². The lowest BCUT2D eigenvalue weighted by molar-refractivity contribution is 0.137.